The van der Waals surface area contributed by atoms with E-state index < -0.39 is 17.8 Å². The van der Waals surface area contributed by atoms with E-state index in [0.29, 0.717) is 22.8 Å². The van der Waals surface area contributed by atoms with Crippen LogP contribution in [0.5, 0.6) is 0 Å². The van der Waals surface area contributed by atoms with E-state index in [1.54, 1.807) is 19.1 Å². The molecule has 1 aliphatic heterocycles. The predicted molar refractivity (Wildman–Crippen MR) is 70.7 cm³/mol. The van der Waals surface area contributed by atoms with Gasteiger partial charge in [-0.15, -0.1) is 0 Å². The molecule has 0 saturated carbocycles. The highest BCUT2D eigenvalue weighted by molar-refractivity contribution is 5.92. The van der Waals surface area contributed by atoms with Gasteiger partial charge in [0.25, 0.3) is 0 Å². The molecular formula is C13H12FN5O2. The standard InChI is InChI=1S/C13H12FN5O2/c1-7-10(12(20)21-2)11(8-4-3-5-9(14)6-8)19-13(15-7)16-17-18-19/h3-6,11H,1-2H3,(H,15,16,18). The summed E-state index contributed by atoms with van der Waals surface area (Å²) in [6, 6.07) is 5.32. The lowest BCUT2D eigenvalue weighted by Crippen LogP contribution is -2.29. The highest BCUT2D eigenvalue weighted by atomic mass is 19.1. The second-order valence-electron chi connectivity index (χ2n) is 4.56. The van der Waals surface area contributed by atoms with Crippen LogP contribution in [0.1, 0.15) is 18.5 Å². The molecule has 1 N–H and O–H groups in total. The normalized spacial score (nSPS) is 17.2. The average Bonchev–Trinajstić information content (AvgIpc) is 2.92. The van der Waals surface area contributed by atoms with Crippen LogP contribution < -0.4 is 5.32 Å². The van der Waals surface area contributed by atoms with E-state index in [1.165, 1.54) is 23.9 Å². The molecule has 2 heterocycles. The molecule has 1 aromatic heterocycles. The Morgan fingerprint density at radius 2 is 2.29 bits per heavy atom. The van der Waals surface area contributed by atoms with Gasteiger partial charge in [-0.25, -0.2) is 9.18 Å². The molecule has 3 rings (SSSR count). The number of allylic oxidation sites excluding steroid dienone is 1. The van der Waals surface area contributed by atoms with Crippen molar-refractivity contribution in [2.24, 2.45) is 0 Å². The fourth-order valence-electron chi connectivity index (χ4n) is 2.37. The lowest BCUT2D eigenvalue weighted by Gasteiger charge is -2.27. The minimum absolute atomic E-state index is 0.336. The van der Waals surface area contributed by atoms with Crippen molar-refractivity contribution in [2.75, 3.05) is 12.4 Å². The number of nitrogens with one attached hydrogen (secondary N) is 1. The summed E-state index contributed by atoms with van der Waals surface area (Å²) in [5.41, 5.74) is 1.46. The van der Waals surface area contributed by atoms with Gasteiger partial charge in [-0.1, -0.05) is 17.2 Å². The molecule has 0 spiro atoms. The van der Waals surface area contributed by atoms with Gasteiger partial charge in [-0.05, 0) is 35.0 Å². The maximum atomic E-state index is 13.5. The van der Waals surface area contributed by atoms with Crippen molar-refractivity contribution in [3.63, 3.8) is 0 Å². The van der Waals surface area contributed by atoms with Crippen molar-refractivity contribution >= 4 is 11.9 Å². The molecule has 1 aromatic carbocycles. The number of rotatable bonds is 2. The van der Waals surface area contributed by atoms with Gasteiger partial charge in [0.15, 0.2) is 0 Å². The minimum atomic E-state index is -0.639. The number of nitrogens with zero attached hydrogens (tertiary/aromatic N) is 4. The van der Waals surface area contributed by atoms with E-state index in [9.17, 15) is 9.18 Å². The Morgan fingerprint density at radius 1 is 1.48 bits per heavy atom. The summed E-state index contributed by atoms with van der Waals surface area (Å²) in [5, 5.41) is 14.2. The fourth-order valence-corrected chi connectivity index (χ4v) is 2.37. The number of carbonyl (C=O) groups is 1. The van der Waals surface area contributed by atoms with E-state index >= 15 is 0 Å². The predicted octanol–water partition coefficient (Wildman–Crippen LogP) is 1.27. The highest BCUT2D eigenvalue weighted by Gasteiger charge is 2.34. The summed E-state index contributed by atoms with van der Waals surface area (Å²) in [7, 11) is 1.29. The lowest BCUT2D eigenvalue weighted by molar-refractivity contribution is -0.136. The highest BCUT2D eigenvalue weighted by Crippen LogP contribution is 2.34. The zero-order valence-electron chi connectivity index (χ0n) is 11.4. The molecule has 1 aliphatic rings. The van der Waals surface area contributed by atoms with Crippen LogP contribution in [0.25, 0.3) is 0 Å². The summed E-state index contributed by atoms with van der Waals surface area (Å²) in [5.74, 6) is -0.535. The summed E-state index contributed by atoms with van der Waals surface area (Å²) in [6.45, 7) is 1.72. The van der Waals surface area contributed by atoms with Crippen LogP contribution in [0, 0.1) is 5.82 Å². The van der Waals surface area contributed by atoms with Gasteiger partial charge in [0.05, 0.1) is 12.7 Å². The first kappa shape index (κ1) is 13.2. The number of esters is 1. The van der Waals surface area contributed by atoms with Crippen LogP contribution in [0.15, 0.2) is 35.5 Å². The smallest absolute Gasteiger partial charge is 0.338 e. The van der Waals surface area contributed by atoms with E-state index in [4.69, 9.17) is 4.74 Å². The first-order chi connectivity index (χ1) is 10.1. The Morgan fingerprint density at radius 3 is 3.00 bits per heavy atom. The third-order valence-corrected chi connectivity index (χ3v) is 3.28. The molecule has 0 saturated heterocycles. The summed E-state index contributed by atoms with van der Waals surface area (Å²) in [4.78, 5) is 12.1. The number of tetrazole rings is 1. The average molecular weight is 289 g/mol. The number of ether oxygens (including phenoxy) is 1. The Balaban J connectivity index is 2.20. The van der Waals surface area contributed by atoms with Gasteiger partial charge in [0, 0.05) is 5.70 Å². The quantitative estimate of drug-likeness (QED) is 0.839. The summed E-state index contributed by atoms with van der Waals surface area (Å²) < 4.78 is 19.8. The molecule has 0 aliphatic carbocycles. The number of fused-ring (bicyclic) bond motifs is 1. The molecular weight excluding hydrogens is 277 g/mol. The van der Waals surface area contributed by atoms with E-state index in [0.717, 1.165) is 0 Å². The van der Waals surface area contributed by atoms with Crippen LogP contribution in [0.3, 0.4) is 0 Å². The molecule has 108 valence electrons. The molecule has 0 fully saturated rings. The first-order valence-corrected chi connectivity index (χ1v) is 6.21. The lowest BCUT2D eigenvalue weighted by atomic mass is 9.96. The van der Waals surface area contributed by atoms with E-state index in [-0.39, 0.29) is 0 Å². The second kappa shape index (κ2) is 4.97. The van der Waals surface area contributed by atoms with Crippen molar-refractivity contribution in [1.82, 2.24) is 20.2 Å². The number of methoxy groups -OCH3 is 1. The largest absolute Gasteiger partial charge is 0.466 e. The summed E-state index contributed by atoms with van der Waals surface area (Å²) >= 11 is 0. The molecule has 2 aromatic rings. The van der Waals surface area contributed by atoms with Gasteiger partial charge in [-0.2, -0.15) is 4.68 Å². The maximum Gasteiger partial charge on any atom is 0.338 e. The van der Waals surface area contributed by atoms with Crippen LogP contribution in [0.2, 0.25) is 0 Å². The molecule has 0 radical (unpaired) electrons. The van der Waals surface area contributed by atoms with Gasteiger partial charge in [0.1, 0.15) is 11.9 Å². The van der Waals surface area contributed by atoms with Crippen molar-refractivity contribution in [1.29, 1.82) is 0 Å². The maximum absolute atomic E-state index is 13.5. The number of hydrogen-bond acceptors (Lipinski definition) is 6. The topological polar surface area (TPSA) is 81.9 Å². The van der Waals surface area contributed by atoms with E-state index in [2.05, 4.69) is 20.8 Å². The zero-order chi connectivity index (χ0) is 15.0. The molecule has 1 unspecified atom stereocenters. The van der Waals surface area contributed by atoms with Gasteiger partial charge in [0.2, 0.25) is 5.95 Å². The van der Waals surface area contributed by atoms with Crippen LogP contribution in [-0.2, 0) is 9.53 Å². The van der Waals surface area contributed by atoms with Crippen LogP contribution in [0.4, 0.5) is 10.3 Å². The van der Waals surface area contributed by atoms with Gasteiger partial charge in [-0.3, -0.25) is 0 Å². The molecule has 7 nitrogen and oxygen atoms in total. The molecule has 0 bridgehead atoms. The van der Waals surface area contributed by atoms with E-state index in [1.807, 2.05) is 0 Å². The van der Waals surface area contributed by atoms with Crippen LogP contribution in [-0.4, -0.2) is 33.3 Å². The van der Waals surface area contributed by atoms with Crippen molar-refractivity contribution < 1.29 is 13.9 Å². The van der Waals surface area contributed by atoms with Crippen molar-refractivity contribution in [2.45, 2.75) is 13.0 Å². The number of aromatic nitrogens is 4. The first-order valence-electron chi connectivity index (χ1n) is 6.21. The number of benzene rings is 1. The third-order valence-electron chi connectivity index (χ3n) is 3.28. The van der Waals surface area contributed by atoms with Crippen molar-refractivity contribution in [3.8, 4) is 0 Å². The fraction of sp³-hybridized carbons (Fsp3) is 0.231. The third kappa shape index (κ3) is 2.14. The Labute approximate surface area is 119 Å². The van der Waals surface area contributed by atoms with Crippen molar-refractivity contribution in [3.05, 3.63) is 46.9 Å². The summed E-state index contributed by atoms with van der Waals surface area (Å²) in [6.07, 6.45) is 0. The molecule has 8 heteroatoms. The Kier molecular flexibility index (Phi) is 3.13. The number of anilines is 1. The number of hydrogen-bond donors (Lipinski definition) is 1. The minimum Gasteiger partial charge on any atom is -0.466 e. The zero-order valence-corrected chi connectivity index (χ0v) is 11.4. The number of carbonyl (C=O) groups excluding carboxylic acids is 1. The second-order valence-corrected chi connectivity index (χ2v) is 4.56. The molecule has 1 atom stereocenters. The SMILES string of the molecule is COC(=O)C1=C(C)Nc2nnnn2C1c1cccc(F)c1. The Hall–Kier alpha value is -2.77. The van der Waals surface area contributed by atoms with Gasteiger partial charge >= 0.3 is 5.97 Å². The molecule has 0 amide bonds. The molecule has 21 heavy (non-hydrogen) atoms. The Bertz CT molecular complexity index is 740. The monoisotopic (exact) mass is 289 g/mol. The van der Waals surface area contributed by atoms with Gasteiger partial charge < -0.3 is 10.1 Å². The number of halogens is 1. The van der Waals surface area contributed by atoms with Crippen LogP contribution >= 0.6 is 0 Å².